The van der Waals surface area contributed by atoms with E-state index in [1.54, 1.807) is 4.90 Å². The van der Waals surface area contributed by atoms with E-state index in [9.17, 15) is 13.2 Å². The molecule has 0 bridgehead atoms. The Balaban J connectivity index is 1.38. The van der Waals surface area contributed by atoms with Gasteiger partial charge >= 0.3 is 0 Å². The molecule has 29 heavy (non-hydrogen) atoms. The summed E-state index contributed by atoms with van der Waals surface area (Å²) in [7, 11) is -3.25. The lowest BCUT2D eigenvalue weighted by atomic mass is 10.1. The van der Waals surface area contributed by atoms with Gasteiger partial charge in [0.05, 0.1) is 22.9 Å². The van der Waals surface area contributed by atoms with Crippen LogP contribution in [0.2, 0.25) is 0 Å². The molecule has 1 aliphatic heterocycles. The first-order chi connectivity index (χ1) is 14.0. The van der Waals surface area contributed by atoms with E-state index in [1.807, 2.05) is 60.7 Å². The number of carbonyl (C=O) groups excluding carboxylic acids is 1. The van der Waals surface area contributed by atoms with Gasteiger partial charge in [0, 0.05) is 13.1 Å². The van der Waals surface area contributed by atoms with E-state index in [0.29, 0.717) is 25.9 Å². The minimum Gasteiger partial charge on any atom is -0.337 e. The molecule has 0 unspecified atom stereocenters. The highest BCUT2D eigenvalue weighted by molar-refractivity contribution is 7.91. The van der Waals surface area contributed by atoms with Gasteiger partial charge in [0.15, 0.2) is 15.5 Å². The van der Waals surface area contributed by atoms with Crippen LogP contribution in [-0.2, 0) is 15.6 Å². The number of aromatic nitrogens is 3. The molecule has 8 heteroatoms. The summed E-state index contributed by atoms with van der Waals surface area (Å²) < 4.78 is 25.5. The Labute approximate surface area is 169 Å². The van der Waals surface area contributed by atoms with E-state index in [-0.39, 0.29) is 17.4 Å². The van der Waals surface area contributed by atoms with Gasteiger partial charge in [-0.15, -0.1) is 5.10 Å². The molecular weight excluding hydrogens is 388 g/mol. The van der Waals surface area contributed by atoms with Gasteiger partial charge in [-0.3, -0.25) is 4.79 Å². The summed E-state index contributed by atoms with van der Waals surface area (Å²) in [5, 5.41) is 8.02. The number of rotatable bonds is 5. The fourth-order valence-electron chi connectivity index (χ4n) is 3.55. The Morgan fingerprint density at radius 3 is 2.24 bits per heavy atom. The average molecular weight is 410 g/mol. The molecule has 1 amide bonds. The maximum Gasteiger partial charge on any atom is 0.276 e. The second-order valence-electron chi connectivity index (χ2n) is 7.14. The number of para-hydroxylation sites is 1. The van der Waals surface area contributed by atoms with Crippen LogP contribution in [0.25, 0.3) is 5.69 Å². The Kier molecular flexibility index (Phi) is 5.44. The monoisotopic (exact) mass is 410 g/mol. The molecule has 1 saturated heterocycles. The van der Waals surface area contributed by atoms with Crippen molar-refractivity contribution in [1.82, 2.24) is 19.9 Å². The Bertz CT molecular complexity index is 1070. The van der Waals surface area contributed by atoms with Gasteiger partial charge in [0.1, 0.15) is 0 Å². The summed E-state index contributed by atoms with van der Waals surface area (Å²) in [5.41, 5.74) is 1.83. The lowest BCUT2D eigenvalue weighted by molar-refractivity contribution is 0.0719. The maximum absolute atomic E-state index is 12.8. The second-order valence-corrected chi connectivity index (χ2v) is 9.42. The molecule has 2 heterocycles. The Morgan fingerprint density at radius 2 is 1.59 bits per heavy atom. The summed E-state index contributed by atoms with van der Waals surface area (Å²) in [5.74, 6) is -0.177. The third-order valence-corrected chi connectivity index (χ3v) is 7.37. The smallest absolute Gasteiger partial charge is 0.276 e. The van der Waals surface area contributed by atoms with Crippen LogP contribution in [0.15, 0.2) is 66.9 Å². The first kappa shape index (κ1) is 19.3. The SMILES string of the molecule is O=C(c1cnn(-c2ccccc2)n1)N1CCC(S(=O)(=O)Cc2ccccc2)CC1. The highest BCUT2D eigenvalue weighted by Crippen LogP contribution is 2.22. The molecule has 0 aliphatic carbocycles. The van der Waals surface area contributed by atoms with Crippen LogP contribution in [0.4, 0.5) is 0 Å². The summed E-state index contributed by atoms with van der Waals surface area (Å²) >= 11 is 0. The summed E-state index contributed by atoms with van der Waals surface area (Å²) in [4.78, 5) is 15.8. The molecule has 4 rings (SSSR count). The highest BCUT2D eigenvalue weighted by Gasteiger charge is 2.32. The van der Waals surface area contributed by atoms with Crippen molar-refractivity contribution in [2.45, 2.75) is 23.8 Å². The molecule has 0 N–H and O–H groups in total. The average Bonchev–Trinajstić information content (AvgIpc) is 3.25. The standard InChI is InChI=1S/C21H22N4O3S/c26-21(20-15-22-25(23-20)18-9-5-2-6-10-18)24-13-11-19(12-14-24)29(27,28)16-17-7-3-1-4-8-17/h1-10,15,19H,11-14,16H2. The van der Waals surface area contributed by atoms with Gasteiger partial charge in [0.2, 0.25) is 0 Å². The first-order valence-electron chi connectivity index (χ1n) is 9.55. The van der Waals surface area contributed by atoms with Crippen LogP contribution < -0.4 is 0 Å². The van der Waals surface area contributed by atoms with Crippen molar-refractivity contribution in [3.05, 3.63) is 78.1 Å². The number of hydrogen-bond donors (Lipinski definition) is 0. The van der Waals surface area contributed by atoms with Crippen molar-refractivity contribution in [3.8, 4) is 5.69 Å². The molecule has 150 valence electrons. The van der Waals surface area contributed by atoms with Crippen LogP contribution in [0, 0.1) is 0 Å². The molecule has 0 saturated carbocycles. The zero-order valence-corrected chi connectivity index (χ0v) is 16.7. The van der Waals surface area contributed by atoms with E-state index in [0.717, 1.165) is 11.3 Å². The van der Waals surface area contributed by atoms with Crippen LogP contribution >= 0.6 is 0 Å². The lowest BCUT2D eigenvalue weighted by Crippen LogP contribution is -2.42. The van der Waals surface area contributed by atoms with E-state index in [4.69, 9.17) is 0 Å². The Hall–Kier alpha value is -3.00. The van der Waals surface area contributed by atoms with Crippen LogP contribution in [0.3, 0.4) is 0 Å². The van der Waals surface area contributed by atoms with Crippen LogP contribution in [0.1, 0.15) is 28.9 Å². The van der Waals surface area contributed by atoms with Gasteiger partial charge < -0.3 is 4.90 Å². The van der Waals surface area contributed by atoms with Crippen molar-refractivity contribution in [2.75, 3.05) is 13.1 Å². The number of piperidine rings is 1. The molecule has 3 aromatic rings. The molecule has 1 aromatic heterocycles. The van der Waals surface area contributed by atoms with Crippen LogP contribution in [0.5, 0.6) is 0 Å². The molecular formula is C21H22N4O3S. The number of sulfone groups is 1. The minimum atomic E-state index is -3.25. The first-order valence-corrected chi connectivity index (χ1v) is 11.3. The van der Waals surface area contributed by atoms with Crippen molar-refractivity contribution >= 4 is 15.7 Å². The van der Waals surface area contributed by atoms with Gasteiger partial charge in [-0.05, 0) is 30.5 Å². The third kappa shape index (κ3) is 4.37. The predicted molar refractivity (Wildman–Crippen MR) is 109 cm³/mol. The number of carbonyl (C=O) groups is 1. The van der Waals surface area contributed by atoms with Gasteiger partial charge in [0.25, 0.3) is 5.91 Å². The molecule has 2 aromatic carbocycles. The number of nitrogens with zero attached hydrogens (tertiary/aromatic N) is 4. The number of benzene rings is 2. The molecule has 7 nitrogen and oxygen atoms in total. The van der Waals surface area contributed by atoms with Crippen LogP contribution in [-0.4, -0.2) is 52.6 Å². The second kappa shape index (κ2) is 8.16. The van der Waals surface area contributed by atoms with Crippen molar-refractivity contribution in [3.63, 3.8) is 0 Å². The summed E-state index contributed by atoms with van der Waals surface area (Å²) in [6.45, 7) is 0.797. The fraction of sp³-hybridized carbons (Fsp3) is 0.286. The number of likely N-dealkylation sites (tertiary alicyclic amines) is 1. The normalized spacial score (nSPS) is 15.4. The quantitative estimate of drug-likeness (QED) is 0.645. The zero-order valence-electron chi connectivity index (χ0n) is 15.9. The molecule has 0 spiro atoms. The summed E-state index contributed by atoms with van der Waals surface area (Å²) in [6, 6.07) is 18.6. The summed E-state index contributed by atoms with van der Waals surface area (Å²) in [6.07, 6.45) is 2.33. The topological polar surface area (TPSA) is 85.2 Å². The van der Waals surface area contributed by atoms with Gasteiger partial charge in [-0.2, -0.15) is 9.90 Å². The predicted octanol–water partition coefficient (Wildman–Crippen LogP) is 2.49. The molecule has 1 fully saturated rings. The van der Waals surface area contributed by atoms with Crippen molar-refractivity contribution in [2.24, 2.45) is 0 Å². The van der Waals surface area contributed by atoms with E-state index < -0.39 is 15.1 Å². The molecule has 1 aliphatic rings. The maximum atomic E-state index is 12.8. The lowest BCUT2D eigenvalue weighted by Gasteiger charge is -2.31. The van der Waals surface area contributed by atoms with Crippen molar-refractivity contribution in [1.29, 1.82) is 0 Å². The largest absolute Gasteiger partial charge is 0.337 e. The van der Waals surface area contributed by atoms with E-state index >= 15 is 0 Å². The highest BCUT2D eigenvalue weighted by atomic mass is 32.2. The zero-order chi connectivity index (χ0) is 20.3. The number of hydrogen-bond acceptors (Lipinski definition) is 5. The van der Waals surface area contributed by atoms with Crippen molar-refractivity contribution < 1.29 is 13.2 Å². The fourth-order valence-corrected chi connectivity index (χ4v) is 5.37. The molecule has 0 atom stereocenters. The van der Waals surface area contributed by atoms with Gasteiger partial charge in [-0.25, -0.2) is 8.42 Å². The third-order valence-electron chi connectivity index (χ3n) is 5.15. The van der Waals surface area contributed by atoms with E-state index in [2.05, 4.69) is 10.2 Å². The molecule has 0 radical (unpaired) electrons. The number of amides is 1. The Morgan fingerprint density at radius 1 is 0.966 bits per heavy atom. The van der Waals surface area contributed by atoms with Gasteiger partial charge in [-0.1, -0.05) is 48.5 Å². The van der Waals surface area contributed by atoms with E-state index in [1.165, 1.54) is 11.0 Å². The minimum absolute atomic E-state index is 0.0395.